The number of hydrogen-bond acceptors (Lipinski definition) is 2. The van der Waals surface area contributed by atoms with Crippen molar-refractivity contribution in [3.05, 3.63) is 28.5 Å². The van der Waals surface area contributed by atoms with E-state index in [4.69, 9.17) is 0 Å². The van der Waals surface area contributed by atoms with Gasteiger partial charge in [0.1, 0.15) is 5.69 Å². The molecule has 0 saturated heterocycles. The number of pyridine rings is 1. The number of hydrogen-bond donors (Lipinski definition) is 1. The Morgan fingerprint density at radius 1 is 1.57 bits per heavy atom. The van der Waals surface area contributed by atoms with Crippen molar-refractivity contribution < 1.29 is 4.79 Å². The van der Waals surface area contributed by atoms with Gasteiger partial charge in [-0.3, -0.25) is 9.78 Å². The van der Waals surface area contributed by atoms with E-state index < -0.39 is 0 Å². The van der Waals surface area contributed by atoms with E-state index >= 15 is 0 Å². The van der Waals surface area contributed by atoms with Gasteiger partial charge in [-0.05, 0) is 31.4 Å². The van der Waals surface area contributed by atoms with Crippen molar-refractivity contribution in [3.63, 3.8) is 0 Å². The number of halogens is 1. The van der Waals surface area contributed by atoms with Crippen LogP contribution in [0.5, 0.6) is 0 Å². The lowest BCUT2D eigenvalue weighted by Gasteiger charge is -2.26. The van der Waals surface area contributed by atoms with Gasteiger partial charge < -0.3 is 5.32 Å². The summed E-state index contributed by atoms with van der Waals surface area (Å²) in [6, 6.07) is 3.90. The molecule has 4 heteroatoms. The summed E-state index contributed by atoms with van der Waals surface area (Å²) in [6.07, 6.45) is 5.04. The Balaban J connectivity index is 2.02. The van der Waals surface area contributed by atoms with E-state index in [1.165, 1.54) is 6.42 Å². The maximum absolute atomic E-state index is 11.6. The smallest absolute Gasteiger partial charge is 0.270 e. The molecular formula is C10H11BrN2O. The number of amides is 1. The molecule has 1 aromatic rings. The van der Waals surface area contributed by atoms with Crippen molar-refractivity contribution in [2.75, 3.05) is 0 Å². The average Bonchev–Trinajstić information content (AvgIpc) is 2.11. The van der Waals surface area contributed by atoms with E-state index in [1.54, 1.807) is 18.3 Å². The predicted molar refractivity (Wildman–Crippen MR) is 57.0 cm³/mol. The molecule has 0 spiro atoms. The number of carbonyl (C=O) groups excluding carboxylic acids is 1. The van der Waals surface area contributed by atoms with Crippen LogP contribution in [0.15, 0.2) is 22.8 Å². The van der Waals surface area contributed by atoms with E-state index in [0.29, 0.717) is 11.7 Å². The molecule has 1 heterocycles. The second kappa shape index (κ2) is 4.09. The topological polar surface area (TPSA) is 42.0 Å². The first-order chi connectivity index (χ1) is 6.75. The summed E-state index contributed by atoms with van der Waals surface area (Å²) in [5.74, 6) is -0.0731. The maximum Gasteiger partial charge on any atom is 0.270 e. The Morgan fingerprint density at radius 3 is 2.93 bits per heavy atom. The number of nitrogens with zero attached hydrogens (tertiary/aromatic N) is 1. The maximum atomic E-state index is 11.6. The summed E-state index contributed by atoms with van der Waals surface area (Å²) in [7, 11) is 0. The Bertz CT molecular complexity index is 350. The molecule has 3 nitrogen and oxygen atoms in total. The van der Waals surface area contributed by atoms with E-state index in [1.807, 2.05) is 0 Å². The van der Waals surface area contributed by atoms with E-state index in [-0.39, 0.29) is 5.91 Å². The van der Waals surface area contributed by atoms with Gasteiger partial charge in [0, 0.05) is 16.7 Å². The summed E-state index contributed by atoms with van der Waals surface area (Å²) in [5, 5.41) is 2.94. The standard InChI is InChI=1S/C10H11BrN2O/c11-7-4-5-12-9(6-7)10(14)13-8-2-1-3-8/h4-6,8H,1-3H2,(H,13,14). The van der Waals surface area contributed by atoms with Crippen molar-refractivity contribution in [2.24, 2.45) is 0 Å². The summed E-state index contributed by atoms with van der Waals surface area (Å²) in [4.78, 5) is 15.6. The number of aromatic nitrogens is 1. The van der Waals surface area contributed by atoms with Gasteiger partial charge in [0.2, 0.25) is 0 Å². The fourth-order valence-corrected chi connectivity index (χ4v) is 1.68. The zero-order chi connectivity index (χ0) is 9.97. The van der Waals surface area contributed by atoms with Crippen molar-refractivity contribution in [3.8, 4) is 0 Å². The van der Waals surface area contributed by atoms with Crippen molar-refractivity contribution in [1.82, 2.24) is 10.3 Å². The molecule has 1 fully saturated rings. The van der Waals surface area contributed by atoms with Crippen LogP contribution in [0.2, 0.25) is 0 Å². The molecule has 1 N–H and O–H groups in total. The van der Waals surface area contributed by atoms with Gasteiger partial charge in [0.05, 0.1) is 0 Å². The lowest BCUT2D eigenvalue weighted by atomic mass is 9.93. The average molecular weight is 255 g/mol. The molecule has 0 radical (unpaired) electrons. The van der Waals surface area contributed by atoms with Crippen LogP contribution in [0.25, 0.3) is 0 Å². The summed E-state index contributed by atoms with van der Waals surface area (Å²) in [5.41, 5.74) is 0.478. The van der Waals surface area contributed by atoms with E-state index in [9.17, 15) is 4.79 Å². The largest absolute Gasteiger partial charge is 0.348 e. The van der Waals surface area contributed by atoms with Crippen LogP contribution < -0.4 is 5.32 Å². The fourth-order valence-electron chi connectivity index (χ4n) is 1.34. The van der Waals surface area contributed by atoms with Gasteiger partial charge in [-0.2, -0.15) is 0 Å². The van der Waals surface area contributed by atoms with E-state index in [2.05, 4.69) is 26.2 Å². The molecule has 1 aliphatic carbocycles. The van der Waals surface area contributed by atoms with Gasteiger partial charge in [0.25, 0.3) is 5.91 Å². The van der Waals surface area contributed by atoms with Gasteiger partial charge >= 0.3 is 0 Å². The molecule has 2 rings (SSSR count). The van der Waals surface area contributed by atoms with Crippen molar-refractivity contribution >= 4 is 21.8 Å². The quantitative estimate of drug-likeness (QED) is 0.879. The lowest BCUT2D eigenvalue weighted by molar-refractivity contribution is 0.0912. The highest BCUT2D eigenvalue weighted by atomic mass is 79.9. The van der Waals surface area contributed by atoms with Crippen LogP contribution in [0, 0.1) is 0 Å². The minimum absolute atomic E-state index is 0.0731. The van der Waals surface area contributed by atoms with Crippen molar-refractivity contribution in [2.45, 2.75) is 25.3 Å². The Kier molecular flexibility index (Phi) is 2.82. The molecule has 0 atom stereocenters. The molecule has 1 amide bonds. The third-order valence-electron chi connectivity index (χ3n) is 2.40. The van der Waals surface area contributed by atoms with E-state index in [0.717, 1.165) is 17.3 Å². The zero-order valence-corrected chi connectivity index (χ0v) is 9.25. The molecular weight excluding hydrogens is 244 g/mol. The van der Waals surface area contributed by atoms with Crippen LogP contribution in [0.3, 0.4) is 0 Å². The first-order valence-electron chi connectivity index (χ1n) is 4.68. The Labute approximate surface area is 91.0 Å². The van der Waals surface area contributed by atoms with Gasteiger partial charge in [0.15, 0.2) is 0 Å². The highest BCUT2D eigenvalue weighted by Crippen LogP contribution is 2.18. The molecule has 74 valence electrons. The van der Waals surface area contributed by atoms with Gasteiger partial charge in [-0.25, -0.2) is 0 Å². The lowest BCUT2D eigenvalue weighted by Crippen LogP contribution is -2.39. The van der Waals surface area contributed by atoms with Crippen LogP contribution in [-0.4, -0.2) is 16.9 Å². The summed E-state index contributed by atoms with van der Waals surface area (Å²) in [6.45, 7) is 0. The summed E-state index contributed by atoms with van der Waals surface area (Å²) >= 11 is 3.31. The second-order valence-corrected chi connectivity index (χ2v) is 4.38. The van der Waals surface area contributed by atoms with Crippen LogP contribution in [0.1, 0.15) is 29.8 Å². The molecule has 0 aliphatic heterocycles. The second-order valence-electron chi connectivity index (χ2n) is 3.46. The third kappa shape index (κ3) is 2.12. The number of carbonyl (C=O) groups is 1. The minimum atomic E-state index is -0.0731. The fraction of sp³-hybridized carbons (Fsp3) is 0.400. The highest BCUT2D eigenvalue weighted by Gasteiger charge is 2.20. The number of rotatable bonds is 2. The molecule has 1 saturated carbocycles. The predicted octanol–water partition coefficient (Wildman–Crippen LogP) is 2.13. The van der Waals surface area contributed by atoms with Gasteiger partial charge in [-0.15, -0.1) is 0 Å². The van der Waals surface area contributed by atoms with Crippen LogP contribution in [0.4, 0.5) is 0 Å². The first kappa shape index (κ1) is 9.65. The Hall–Kier alpha value is -0.900. The normalized spacial score (nSPS) is 16.1. The Morgan fingerprint density at radius 2 is 2.36 bits per heavy atom. The molecule has 0 aromatic carbocycles. The highest BCUT2D eigenvalue weighted by molar-refractivity contribution is 9.10. The van der Waals surface area contributed by atoms with Crippen LogP contribution in [-0.2, 0) is 0 Å². The summed E-state index contributed by atoms with van der Waals surface area (Å²) < 4.78 is 0.881. The van der Waals surface area contributed by atoms with Gasteiger partial charge in [-0.1, -0.05) is 15.9 Å². The molecule has 0 bridgehead atoms. The molecule has 1 aliphatic rings. The van der Waals surface area contributed by atoms with Crippen LogP contribution >= 0.6 is 15.9 Å². The molecule has 1 aromatic heterocycles. The minimum Gasteiger partial charge on any atom is -0.348 e. The first-order valence-corrected chi connectivity index (χ1v) is 5.47. The zero-order valence-electron chi connectivity index (χ0n) is 7.66. The third-order valence-corrected chi connectivity index (χ3v) is 2.89. The monoisotopic (exact) mass is 254 g/mol. The molecule has 0 unspecified atom stereocenters. The van der Waals surface area contributed by atoms with Crippen molar-refractivity contribution in [1.29, 1.82) is 0 Å². The number of nitrogens with one attached hydrogen (secondary N) is 1. The molecule has 14 heavy (non-hydrogen) atoms. The SMILES string of the molecule is O=C(NC1CCC1)c1cc(Br)ccn1.